The molecule has 3 aromatic rings. The molecule has 0 spiro atoms. The van der Waals surface area contributed by atoms with E-state index in [1.54, 1.807) is 18.5 Å². The summed E-state index contributed by atoms with van der Waals surface area (Å²) in [6, 6.07) is 9.42. The number of halogens is 1. The van der Waals surface area contributed by atoms with Crippen LogP contribution >= 0.6 is 0 Å². The molecule has 6 nitrogen and oxygen atoms in total. The lowest BCUT2D eigenvalue weighted by molar-refractivity contribution is 0.319. The van der Waals surface area contributed by atoms with E-state index in [1.807, 2.05) is 36.0 Å². The largest absolute Gasteiger partial charge is 0.348 e. The van der Waals surface area contributed by atoms with E-state index in [0.29, 0.717) is 11.5 Å². The summed E-state index contributed by atoms with van der Waals surface area (Å²) in [5, 5.41) is 6.46. The van der Waals surface area contributed by atoms with Crippen molar-refractivity contribution in [3.8, 4) is 0 Å². The van der Waals surface area contributed by atoms with E-state index in [9.17, 15) is 4.39 Å². The first kappa shape index (κ1) is 28.3. The Kier molecular flexibility index (Phi) is 11.5. The summed E-state index contributed by atoms with van der Waals surface area (Å²) in [5.74, 6) is 1.17. The summed E-state index contributed by atoms with van der Waals surface area (Å²) in [5.41, 5.74) is 3.92. The van der Waals surface area contributed by atoms with E-state index in [-0.39, 0.29) is 0 Å². The van der Waals surface area contributed by atoms with Crippen molar-refractivity contribution in [3.63, 3.8) is 0 Å². The topological polar surface area (TPSA) is 67.1 Å². The van der Waals surface area contributed by atoms with Crippen LogP contribution in [0.2, 0.25) is 0 Å². The van der Waals surface area contributed by atoms with Crippen molar-refractivity contribution in [3.05, 3.63) is 84.0 Å². The molecule has 1 saturated heterocycles. The molecule has 3 aromatic heterocycles. The Balaban J connectivity index is 0.000000405. The Morgan fingerprint density at radius 3 is 2.62 bits per heavy atom. The van der Waals surface area contributed by atoms with Gasteiger partial charge in [0.15, 0.2) is 11.7 Å². The van der Waals surface area contributed by atoms with Crippen molar-refractivity contribution >= 4 is 17.2 Å². The summed E-state index contributed by atoms with van der Waals surface area (Å²) in [6.07, 6.45) is 15.5. The zero-order chi connectivity index (χ0) is 26.5. The van der Waals surface area contributed by atoms with Gasteiger partial charge in [0.2, 0.25) is 0 Å². The molecule has 198 valence electrons. The third-order valence-electron chi connectivity index (χ3n) is 6.40. The van der Waals surface area contributed by atoms with Crippen molar-refractivity contribution in [2.24, 2.45) is 18.0 Å². The quantitative estimate of drug-likeness (QED) is 0.241. The molecule has 0 amide bonds. The number of nitrogens with one attached hydrogen (secondary N) is 2. The number of anilines is 1. The monoisotopic (exact) mass is 504 g/mol. The molecule has 0 bridgehead atoms. The van der Waals surface area contributed by atoms with Crippen LogP contribution < -0.4 is 10.6 Å². The van der Waals surface area contributed by atoms with Gasteiger partial charge in [0.05, 0.1) is 29.0 Å². The number of rotatable bonds is 10. The van der Waals surface area contributed by atoms with Gasteiger partial charge in [-0.3, -0.25) is 9.97 Å². The van der Waals surface area contributed by atoms with Gasteiger partial charge in [-0.05, 0) is 68.1 Å². The average molecular weight is 505 g/mol. The first-order valence-corrected chi connectivity index (χ1v) is 13.5. The number of amidine groups is 1. The molecule has 0 saturated carbocycles. The average Bonchev–Trinajstić information content (AvgIpc) is 3.27. The number of aromatic nitrogens is 3. The molecule has 0 unspecified atom stereocenters. The fourth-order valence-electron chi connectivity index (χ4n) is 4.10. The predicted octanol–water partition coefficient (Wildman–Crippen LogP) is 6.61. The number of unbranched alkanes of at least 4 members (excludes halogenated alkanes) is 2. The van der Waals surface area contributed by atoms with Crippen LogP contribution in [0, 0.1) is 11.7 Å². The molecule has 7 heteroatoms. The lowest BCUT2D eigenvalue weighted by Gasteiger charge is -2.26. The van der Waals surface area contributed by atoms with Gasteiger partial charge in [0, 0.05) is 25.6 Å². The van der Waals surface area contributed by atoms with Crippen LogP contribution in [-0.4, -0.2) is 33.5 Å². The lowest BCUT2D eigenvalue weighted by atomic mass is 9.97. The van der Waals surface area contributed by atoms with Crippen LogP contribution in [-0.2, 0) is 13.5 Å². The second-order valence-corrected chi connectivity index (χ2v) is 9.35. The lowest BCUT2D eigenvalue weighted by Crippen LogP contribution is -2.41. The molecule has 2 N–H and O–H groups in total. The smallest absolute Gasteiger partial charge is 0.164 e. The summed E-state index contributed by atoms with van der Waals surface area (Å²) >= 11 is 0. The Labute approximate surface area is 221 Å². The van der Waals surface area contributed by atoms with Gasteiger partial charge in [0.25, 0.3) is 0 Å². The Bertz CT molecular complexity index is 1150. The molecule has 0 radical (unpaired) electrons. The van der Waals surface area contributed by atoms with E-state index in [0.717, 1.165) is 47.8 Å². The van der Waals surface area contributed by atoms with E-state index < -0.39 is 5.82 Å². The van der Waals surface area contributed by atoms with Gasteiger partial charge < -0.3 is 15.2 Å². The zero-order valence-corrected chi connectivity index (χ0v) is 22.7. The van der Waals surface area contributed by atoms with Crippen LogP contribution in [0.4, 0.5) is 10.1 Å². The number of pyridine rings is 2. The maximum atomic E-state index is 14.3. The third kappa shape index (κ3) is 8.35. The second-order valence-electron chi connectivity index (χ2n) is 9.35. The van der Waals surface area contributed by atoms with Crippen LogP contribution in [0.3, 0.4) is 0 Å². The highest BCUT2D eigenvalue weighted by Crippen LogP contribution is 2.21. The van der Waals surface area contributed by atoms with E-state index in [4.69, 9.17) is 4.99 Å². The summed E-state index contributed by atoms with van der Waals surface area (Å²) < 4.78 is 16.3. The Morgan fingerprint density at radius 1 is 1.16 bits per heavy atom. The molecule has 1 aliphatic rings. The minimum absolute atomic E-state index is 0.331. The summed E-state index contributed by atoms with van der Waals surface area (Å²) in [7, 11) is 1.96. The van der Waals surface area contributed by atoms with Crippen LogP contribution in [0.25, 0.3) is 5.70 Å². The zero-order valence-electron chi connectivity index (χ0n) is 22.7. The molecular formula is C30H41FN6. The van der Waals surface area contributed by atoms with Crippen molar-refractivity contribution in [2.75, 3.05) is 18.4 Å². The number of hydrogen-bond acceptors (Lipinski definition) is 4. The molecule has 0 atom stereocenters. The van der Waals surface area contributed by atoms with Crippen molar-refractivity contribution < 1.29 is 4.39 Å². The highest BCUT2D eigenvalue weighted by Gasteiger charge is 2.17. The molecule has 4 rings (SSSR count). The van der Waals surface area contributed by atoms with Crippen molar-refractivity contribution in [2.45, 2.75) is 59.3 Å². The molecule has 1 aliphatic heterocycles. The SMILES string of the molecule is CCC/C=C(/N=C(Nc1ccncc1F)c1c(CC)ccn1C)c1ccccn1.CCCCC1CNC1. The normalized spacial score (nSPS) is 14.1. The van der Waals surface area contributed by atoms with E-state index in [1.165, 1.54) is 38.5 Å². The van der Waals surface area contributed by atoms with E-state index >= 15 is 0 Å². The second kappa shape index (κ2) is 15.1. The van der Waals surface area contributed by atoms with Gasteiger partial charge in [-0.15, -0.1) is 0 Å². The standard InChI is InChI=1S/C23H26FN5.C7H15N/c1-4-6-9-21(20-10-7-8-13-26-20)28-23(22-17(5-2)12-15-29(22)3)27-19-11-14-25-16-18(19)24;1-2-3-4-7-5-8-6-7/h7-16H,4-6H2,1-3H3,(H,25,27,28);7-8H,2-6H2,1H3/b21-9+;. The predicted molar refractivity (Wildman–Crippen MR) is 152 cm³/mol. The molecule has 0 aliphatic carbocycles. The van der Waals surface area contributed by atoms with Gasteiger partial charge >= 0.3 is 0 Å². The van der Waals surface area contributed by atoms with Crippen molar-refractivity contribution in [1.29, 1.82) is 0 Å². The molecule has 0 aromatic carbocycles. The highest BCUT2D eigenvalue weighted by atomic mass is 19.1. The van der Waals surface area contributed by atoms with E-state index in [2.05, 4.69) is 53.5 Å². The van der Waals surface area contributed by atoms with Gasteiger partial charge in [-0.2, -0.15) is 0 Å². The number of aliphatic imine (C=N–C) groups is 1. The van der Waals surface area contributed by atoms with Gasteiger partial charge in [0.1, 0.15) is 0 Å². The maximum Gasteiger partial charge on any atom is 0.164 e. The fraction of sp³-hybridized carbons (Fsp3) is 0.433. The molecule has 4 heterocycles. The fourth-order valence-corrected chi connectivity index (χ4v) is 4.10. The number of aryl methyl sites for hydroxylation is 2. The summed E-state index contributed by atoms with van der Waals surface area (Å²) in [4.78, 5) is 13.2. The molecule has 1 fully saturated rings. The molecule has 37 heavy (non-hydrogen) atoms. The van der Waals surface area contributed by atoms with Crippen LogP contribution in [0.5, 0.6) is 0 Å². The van der Waals surface area contributed by atoms with Crippen molar-refractivity contribution in [1.82, 2.24) is 19.9 Å². The minimum atomic E-state index is -0.426. The maximum absolute atomic E-state index is 14.3. The number of nitrogens with zero attached hydrogens (tertiary/aromatic N) is 4. The highest BCUT2D eigenvalue weighted by molar-refractivity contribution is 6.10. The van der Waals surface area contributed by atoms with Gasteiger partial charge in [-0.25, -0.2) is 9.38 Å². The number of allylic oxidation sites excluding steroid dienone is 1. The summed E-state index contributed by atoms with van der Waals surface area (Å²) in [6.45, 7) is 9.02. The van der Waals surface area contributed by atoms with Crippen LogP contribution in [0.1, 0.15) is 69.8 Å². The first-order valence-electron chi connectivity index (χ1n) is 13.5. The first-order chi connectivity index (χ1) is 18.1. The third-order valence-corrected chi connectivity index (χ3v) is 6.40. The minimum Gasteiger partial charge on any atom is -0.348 e. The Hall–Kier alpha value is -3.32. The molecular weight excluding hydrogens is 463 g/mol. The van der Waals surface area contributed by atoms with Crippen LogP contribution in [0.15, 0.2) is 66.2 Å². The number of hydrogen-bond donors (Lipinski definition) is 2. The Morgan fingerprint density at radius 2 is 2.00 bits per heavy atom. The van der Waals surface area contributed by atoms with Gasteiger partial charge in [-0.1, -0.05) is 52.2 Å².